The summed E-state index contributed by atoms with van der Waals surface area (Å²) in [5, 5.41) is 0. The predicted octanol–water partition coefficient (Wildman–Crippen LogP) is 1.94. The minimum Gasteiger partial charge on any atom is -0.459 e. The largest absolute Gasteiger partial charge is 0.459 e. The van der Waals surface area contributed by atoms with E-state index in [9.17, 15) is 9.59 Å². The molecule has 0 amide bonds. The van der Waals surface area contributed by atoms with E-state index in [1.54, 1.807) is 0 Å². The van der Waals surface area contributed by atoms with Gasteiger partial charge in [0.25, 0.3) is 0 Å². The summed E-state index contributed by atoms with van der Waals surface area (Å²) in [7, 11) is 0. The van der Waals surface area contributed by atoms with Gasteiger partial charge in [-0.25, -0.2) is 0 Å². The van der Waals surface area contributed by atoms with Crippen molar-refractivity contribution in [2.75, 3.05) is 0 Å². The molecular formula is C12H18O3. The molecule has 2 aliphatic rings. The minimum atomic E-state index is -0.392. The molecule has 15 heavy (non-hydrogen) atoms. The zero-order valence-corrected chi connectivity index (χ0v) is 9.58. The smallest absolute Gasteiger partial charge is 0.303 e. The Morgan fingerprint density at radius 3 is 2.80 bits per heavy atom. The van der Waals surface area contributed by atoms with E-state index in [4.69, 9.17) is 4.74 Å². The molecule has 0 aliphatic heterocycles. The molecule has 4 atom stereocenters. The number of hydrogen-bond donors (Lipinski definition) is 0. The van der Waals surface area contributed by atoms with E-state index in [2.05, 4.69) is 0 Å². The lowest BCUT2D eigenvalue weighted by atomic mass is 9.79. The average molecular weight is 210 g/mol. The third-order valence-electron chi connectivity index (χ3n) is 4.16. The molecule has 0 aromatic heterocycles. The number of carbonyl (C=O) groups is 2. The number of fused-ring (bicyclic) bond motifs is 2. The second kappa shape index (κ2) is 3.32. The van der Waals surface area contributed by atoms with Crippen molar-refractivity contribution in [3.63, 3.8) is 0 Å². The summed E-state index contributed by atoms with van der Waals surface area (Å²) in [4.78, 5) is 22.7. The van der Waals surface area contributed by atoms with Gasteiger partial charge >= 0.3 is 5.97 Å². The van der Waals surface area contributed by atoms with Gasteiger partial charge in [0, 0.05) is 25.2 Å². The van der Waals surface area contributed by atoms with E-state index in [0.717, 1.165) is 12.8 Å². The van der Waals surface area contributed by atoms with Crippen LogP contribution in [-0.2, 0) is 14.3 Å². The van der Waals surface area contributed by atoms with Gasteiger partial charge < -0.3 is 4.74 Å². The molecule has 0 N–H and O–H groups in total. The maximum Gasteiger partial charge on any atom is 0.303 e. The number of ether oxygens (including phenoxy) is 1. The van der Waals surface area contributed by atoms with Crippen molar-refractivity contribution in [1.82, 2.24) is 0 Å². The van der Waals surface area contributed by atoms with Crippen LogP contribution in [0.15, 0.2) is 0 Å². The molecule has 84 valence electrons. The maximum absolute atomic E-state index is 11.7. The van der Waals surface area contributed by atoms with Gasteiger partial charge in [0.05, 0.1) is 0 Å². The first-order valence-corrected chi connectivity index (χ1v) is 5.64. The van der Waals surface area contributed by atoms with Gasteiger partial charge in [-0.2, -0.15) is 0 Å². The lowest BCUT2D eigenvalue weighted by molar-refractivity contribution is -0.159. The standard InChI is InChI=1S/C12H18O3/c1-7-9-4-10(5-11(7)14)12(3,6-9)15-8(2)13/h7,9-10H,4-6H2,1-3H3/t7-,9+,10+,12-/m1/s1. The molecule has 0 saturated heterocycles. The van der Waals surface area contributed by atoms with Gasteiger partial charge in [0.15, 0.2) is 0 Å². The predicted molar refractivity (Wildman–Crippen MR) is 55.2 cm³/mol. The van der Waals surface area contributed by atoms with Crippen molar-refractivity contribution in [2.45, 2.75) is 45.6 Å². The van der Waals surface area contributed by atoms with E-state index in [1.165, 1.54) is 6.92 Å². The van der Waals surface area contributed by atoms with Gasteiger partial charge in [-0.3, -0.25) is 9.59 Å². The normalized spacial score (nSPS) is 44.2. The Morgan fingerprint density at radius 1 is 1.53 bits per heavy atom. The number of rotatable bonds is 1. The van der Waals surface area contributed by atoms with Crippen LogP contribution >= 0.6 is 0 Å². The zero-order valence-electron chi connectivity index (χ0n) is 9.58. The lowest BCUT2D eigenvalue weighted by Crippen LogP contribution is -2.35. The number of carbonyl (C=O) groups excluding carboxylic acids is 2. The van der Waals surface area contributed by atoms with Gasteiger partial charge in [-0.1, -0.05) is 6.92 Å². The van der Waals surface area contributed by atoms with Crippen LogP contribution < -0.4 is 0 Å². The first-order chi connectivity index (χ1) is 6.92. The van der Waals surface area contributed by atoms with Crippen molar-refractivity contribution >= 4 is 11.8 Å². The molecule has 2 saturated carbocycles. The third kappa shape index (κ3) is 1.68. The Morgan fingerprint density at radius 2 is 2.20 bits per heavy atom. The van der Waals surface area contributed by atoms with Crippen molar-refractivity contribution in [1.29, 1.82) is 0 Å². The molecule has 3 heteroatoms. The van der Waals surface area contributed by atoms with Crippen LogP contribution in [0.2, 0.25) is 0 Å². The summed E-state index contributed by atoms with van der Waals surface area (Å²) in [6.45, 7) is 5.42. The van der Waals surface area contributed by atoms with E-state index in [0.29, 0.717) is 18.1 Å². The Labute approximate surface area is 90.2 Å². The van der Waals surface area contributed by atoms with Crippen molar-refractivity contribution in [2.24, 2.45) is 17.8 Å². The molecule has 3 nitrogen and oxygen atoms in total. The van der Waals surface area contributed by atoms with Crippen LogP contribution in [0, 0.1) is 17.8 Å². The number of hydrogen-bond acceptors (Lipinski definition) is 3. The molecule has 0 aromatic rings. The Balaban J connectivity index is 2.19. The molecule has 0 heterocycles. The van der Waals surface area contributed by atoms with E-state index in [-0.39, 0.29) is 17.8 Å². The number of Topliss-reactive ketones (excluding diaryl/α,β-unsaturated/α-hetero) is 1. The maximum atomic E-state index is 11.7. The molecule has 0 radical (unpaired) electrons. The average Bonchev–Trinajstić information content (AvgIpc) is 2.36. The second-order valence-electron chi connectivity index (χ2n) is 5.26. The fourth-order valence-corrected chi connectivity index (χ4v) is 3.21. The SMILES string of the molecule is CC(=O)O[C@]1(C)C[C@@H]2C[C@H]1CC(=O)[C@@H]2C. The van der Waals surface area contributed by atoms with E-state index >= 15 is 0 Å². The monoisotopic (exact) mass is 210 g/mol. The Kier molecular flexibility index (Phi) is 2.36. The highest BCUT2D eigenvalue weighted by Gasteiger charge is 2.52. The van der Waals surface area contributed by atoms with Crippen LogP contribution in [-0.4, -0.2) is 17.4 Å². The molecule has 2 fully saturated rings. The quantitative estimate of drug-likeness (QED) is 0.621. The molecule has 2 bridgehead atoms. The van der Waals surface area contributed by atoms with Gasteiger partial charge in [-0.05, 0) is 25.7 Å². The molecule has 2 rings (SSSR count). The lowest BCUT2D eigenvalue weighted by Gasteiger charge is -2.30. The van der Waals surface area contributed by atoms with Crippen molar-refractivity contribution < 1.29 is 14.3 Å². The fourth-order valence-electron chi connectivity index (χ4n) is 3.21. The highest BCUT2D eigenvalue weighted by molar-refractivity contribution is 5.82. The van der Waals surface area contributed by atoms with Gasteiger partial charge in [-0.15, -0.1) is 0 Å². The van der Waals surface area contributed by atoms with Crippen LogP contribution in [0.3, 0.4) is 0 Å². The fraction of sp³-hybridized carbons (Fsp3) is 0.833. The summed E-state index contributed by atoms with van der Waals surface area (Å²) in [6, 6.07) is 0. The van der Waals surface area contributed by atoms with Gasteiger partial charge in [0.2, 0.25) is 0 Å². The van der Waals surface area contributed by atoms with Crippen molar-refractivity contribution in [3.8, 4) is 0 Å². The molecule has 0 aromatic carbocycles. The van der Waals surface area contributed by atoms with Crippen LogP contribution in [0.4, 0.5) is 0 Å². The first-order valence-electron chi connectivity index (χ1n) is 5.64. The topological polar surface area (TPSA) is 43.4 Å². The summed E-state index contributed by atoms with van der Waals surface area (Å²) < 4.78 is 5.42. The number of esters is 1. The number of ketones is 1. The van der Waals surface area contributed by atoms with Crippen LogP contribution in [0.5, 0.6) is 0 Å². The highest BCUT2D eigenvalue weighted by Crippen LogP contribution is 2.51. The Bertz CT molecular complexity index is 310. The van der Waals surface area contributed by atoms with Crippen molar-refractivity contribution in [3.05, 3.63) is 0 Å². The molecule has 0 spiro atoms. The van der Waals surface area contributed by atoms with Gasteiger partial charge in [0.1, 0.15) is 11.4 Å². The summed E-state index contributed by atoms with van der Waals surface area (Å²) in [6.07, 6.45) is 2.47. The summed E-state index contributed by atoms with van der Waals surface area (Å²) >= 11 is 0. The summed E-state index contributed by atoms with van der Waals surface area (Å²) in [5.74, 6) is 0.923. The van der Waals surface area contributed by atoms with Crippen LogP contribution in [0.1, 0.15) is 40.0 Å². The zero-order chi connectivity index (χ0) is 11.2. The first kappa shape index (κ1) is 10.7. The molecular weight excluding hydrogens is 192 g/mol. The molecule has 0 unspecified atom stereocenters. The van der Waals surface area contributed by atoms with E-state index in [1.807, 2.05) is 13.8 Å². The highest BCUT2D eigenvalue weighted by atomic mass is 16.6. The summed E-state index contributed by atoms with van der Waals surface area (Å²) in [5.41, 5.74) is -0.392. The second-order valence-corrected chi connectivity index (χ2v) is 5.26. The molecule has 2 aliphatic carbocycles. The van der Waals surface area contributed by atoms with E-state index < -0.39 is 5.60 Å². The third-order valence-corrected chi connectivity index (χ3v) is 4.16. The Hall–Kier alpha value is -0.860. The minimum absolute atomic E-state index is 0.152. The van der Waals surface area contributed by atoms with Crippen LogP contribution in [0.25, 0.3) is 0 Å².